The molecule has 0 unspecified atom stereocenters. The van der Waals surface area contributed by atoms with Gasteiger partial charge >= 0.3 is 0 Å². The molecule has 1 aromatic carbocycles. The summed E-state index contributed by atoms with van der Waals surface area (Å²) in [6, 6.07) is 10.0. The number of fused-ring (bicyclic) bond motifs is 1. The van der Waals surface area contributed by atoms with Crippen molar-refractivity contribution in [2.75, 3.05) is 16.8 Å². The molecule has 0 saturated carbocycles. The van der Waals surface area contributed by atoms with E-state index in [-0.39, 0.29) is 17.6 Å². The number of carbonyl (C=O) groups is 1. The normalized spacial score (nSPS) is 16.1. The number of pyridine rings is 1. The minimum Gasteiger partial charge on any atom is -0.349 e. The molecule has 1 fully saturated rings. The van der Waals surface area contributed by atoms with Crippen molar-refractivity contribution in [2.45, 2.75) is 18.9 Å². The van der Waals surface area contributed by atoms with Gasteiger partial charge in [-0.3, -0.25) is 9.78 Å². The summed E-state index contributed by atoms with van der Waals surface area (Å²) in [6.45, 7) is 0.660. The van der Waals surface area contributed by atoms with E-state index in [0.717, 1.165) is 18.6 Å². The van der Waals surface area contributed by atoms with Gasteiger partial charge in [-0.2, -0.15) is 5.10 Å². The van der Waals surface area contributed by atoms with Crippen LogP contribution >= 0.6 is 0 Å². The summed E-state index contributed by atoms with van der Waals surface area (Å²) in [5.74, 6) is -0.676. The highest BCUT2D eigenvalue weighted by Crippen LogP contribution is 2.37. The fourth-order valence-electron chi connectivity index (χ4n) is 3.93. The third-order valence-corrected chi connectivity index (χ3v) is 5.36. The SMILES string of the molecule is O=C(Nc1cnn2ccc(N3CCC[C@@H]3c3cc(F)ccc3F)nc12)c1ccccn1. The lowest BCUT2D eigenvalue weighted by Gasteiger charge is -2.26. The van der Waals surface area contributed by atoms with Crippen molar-refractivity contribution in [3.8, 4) is 0 Å². The van der Waals surface area contributed by atoms with E-state index >= 15 is 0 Å². The Morgan fingerprint density at radius 1 is 1.16 bits per heavy atom. The Morgan fingerprint density at radius 2 is 2.06 bits per heavy atom. The smallest absolute Gasteiger partial charge is 0.274 e. The highest BCUT2D eigenvalue weighted by atomic mass is 19.1. The van der Waals surface area contributed by atoms with Gasteiger partial charge in [0.2, 0.25) is 0 Å². The van der Waals surface area contributed by atoms with Gasteiger partial charge in [-0.25, -0.2) is 18.3 Å². The molecule has 9 heteroatoms. The van der Waals surface area contributed by atoms with Crippen LogP contribution in [0.1, 0.15) is 34.9 Å². The maximum Gasteiger partial charge on any atom is 0.274 e. The lowest BCUT2D eigenvalue weighted by molar-refractivity contribution is 0.102. The van der Waals surface area contributed by atoms with Gasteiger partial charge in [-0.1, -0.05) is 6.07 Å². The molecule has 1 N–H and O–H groups in total. The van der Waals surface area contributed by atoms with Crippen molar-refractivity contribution in [3.63, 3.8) is 0 Å². The third kappa shape index (κ3) is 3.58. The van der Waals surface area contributed by atoms with Gasteiger partial charge in [-0.05, 0) is 49.2 Å². The van der Waals surface area contributed by atoms with Crippen LogP contribution in [0, 0.1) is 11.6 Å². The zero-order valence-corrected chi connectivity index (χ0v) is 16.4. The Bertz CT molecular complexity index is 1260. The van der Waals surface area contributed by atoms with Crippen LogP contribution in [-0.4, -0.2) is 32.0 Å². The highest BCUT2D eigenvalue weighted by Gasteiger charge is 2.30. The number of halogens is 2. The second kappa shape index (κ2) is 7.75. The predicted octanol–water partition coefficient (Wildman–Crippen LogP) is 4.00. The van der Waals surface area contributed by atoms with E-state index in [1.54, 1.807) is 41.2 Å². The van der Waals surface area contributed by atoms with Crippen LogP contribution in [0.3, 0.4) is 0 Å². The molecule has 0 aliphatic carbocycles. The average Bonchev–Trinajstić information content (AvgIpc) is 3.43. The molecular formula is C22H18F2N6O. The van der Waals surface area contributed by atoms with Crippen molar-refractivity contribution in [1.29, 1.82) is 0 Å². The number of carbonyl (C=O) groups excluding carboxylic acids is 1. The quantitative estimate of drug-likeness (QED) is 0.540. The van der Waals surface area contributed by atoms with Crippen LogP contribution in [0.2, 0.25) is 0 Å². The van der Waals surface area contributed by atoms with Crippen molar-refractivity contribution >= 4 is 23.1 Å². The molecule has 1 atom stereocenters. The molecule has 1 amide bonds. The molecular weight excluding hydrogens is 402 g/mol. The molecule has 4 heterocycles. The first-order valence-corrected chi connectivity index (χ1v) is 9.88. The first-order valence-electron chi connectivity index (χ1n) is 9.88. The second-order valence-electron chi connectivity index (χ2n) is 7.30. The summed E-state index contributed by atoms with van der Waals surface area (Å²) in [5, 5.41) is 7.01. The number of amides is 1. The largest absolute Gasteiger partial charge is 0.349 e. The molecule has 4 aromatic rings. The van der Waals surface area contributed by atoms with E-state index in [2.05, 4.69) is 20.4 Å². The van der Waals surface area contributed by atoms with Crippen LogP contribution in [0.25, 0.3) is 5.65 Å². The molecule has 3 aromatic heterocycles. The van der Waals surface area contributed by atoms with E-state index in [9.17, 15) is 13.6 Å². The number of benzene rings is 1. The van der Waals surface area contributed by atoms with Crippen molar-refractivity contribution in [1.82, 2.24) is 19.6 Å². The zero-order valence-electron chi connectivity index (χ0n) is 16.4. The van der Waals surface area contributed by atoms with E-state index in [0.29, 0.717) is 35.7 Å². The van der Waals surface area contributed by atoms with Gasteiger partial charge in [0.15, 0.2) is 5.65 Å². The van der Waals surface area contributed by atoms with Gasteiger partial charge in [0.25, 0.3) is 5.91 Å². The molecule has 0 bridgehead atoms. The third-order valence-electron chi connectivity index (χ3n) is 5.36. The van der Waals surface area contributed by atoms with Crippen LogP contribution in [0.4, 0.5) is 20.3 Å². The molecule has 5 rings (SSSR count). The van der Waals surface area contributed by atoms with Crippen molar-refractivity contribution in [2.24, 2.45) is 0 Å². The number of rotatable bonds is 4. The molecule has 7 nitrogen and oxygen atoms in total. The highest BCUT2D eigenvalue weighted by molar-refractivity contribution is 6.04. The maximum atomic E-state index is 14.4. The second-order valence-corrected chi connectivity index (χ2v) is 7.30. The van der Waals surface area contributed by atoms with Gasteiger partial charge in [0.05, 0.1) is 12.2 Å². The molecule has 0 spiro atoms. The fraction of sp³-hybridized carbons (Fsp3) is 0.182. The van der Waals surface area contributed by atoms with Crippen LogP contribution in [0.15, 0.2) is 61.1 Å². The molecule has 1 aliphatic heterocycles. The lowest BCUT2D eigenvalue weighted by Crippen LogP contribution is -2.24. The summed E-state index contributed by atoms with van der Waals surface area (Å²) < 4.78 is 29.7. The summed E-state index contributed by atoms with van der Waals surface area (Å²) >= 11 is 0. The molecule has 156 valence electrons. The number of hydrogen-bond acceptors (Lipinski definition) is 5. The summed E-state index contributed by atoms with van der Waals surface area (Å²) in [4.78, 5) is 23.1. The van der Waals surface area contributed by atoms with Crippen molar-refractivity contribution < 1.29 is 13.6 Å². The number of nitrogens with one attached hydrogen (secondary N) is 1. The molecule has 1 aliphatic rings. The summed E-state index contributed by atoms with van der Waals surface area (Å²) in [6.07, 6.45) is 6.30. The van der Waals surface area contributed by atoms with Gasteiger partial charge in [-0.15, -0.1) is 0 Å². The minimum absolute atomic E-state index is 0.277. The summed E-state index contributed by atoms with van der Waals surface area (Å²) in [5.41, 5.74) is 1.48. The Hall–Kier alpha value is -3.88. The lowest BCUT2D eigenvalue weighted by atomic mass is 10.0. The molecule has 31 heavy (non-hydrogen) atoms. The zero-order chi connectivity index (χ0) is 21.4. The minimum atomic E-state index is -0.470. The van der Waals surface area contributed by atoms with Crippen LogP contribution in [0.5, 0.6) is 0 Å². The molecule has 0 radical (unpaired) electrons. The Balaban J connectivity index is 1.47. The predicted molar refractivity (Wildman–Crippen MR) is 111 cm³/mol. The Kier molecular flexibility index (Phi) is 4.78. The van der Waals surface area contributed by atoms with Crippen LogP contribution < -0.4 is 10.2 Å². The van der Waals surface area contributed by atoms with Gasteiger partial charge < -0.3 is 10.2 Å². The maximum absolute atomic E-state index is 14.4. The Morgan fingerprint density at radius 3 is 2.90 bits per heavy atom. The van der Waals surface area contributed by atoms with Crippen molar-refractivity contribution in [3.05, 3.63) is 83.9 Å². The standard InChI is InChI=1S/C22H18F2N6O/c23-14-6-7-16(24)15(12-14)19-5-3-10-29(19)20-8-11-30-21(28-20)18(13-26-30)27-22(31)17-4-1-2-9-25-17/h1-2,4,6-9,11-13,19H,3,5,10H2,(H,27,31)/t19-/m1/s1. The monoisotopic (exact) mass is 420 g/mol. The topological polar surface area (TPSA) is 75.4 Å². The van der Waals surface area contributed by atoms with Crippen LogP contribution in [-0.2, 0) is 0 Å². The number of hydrogen-bond donors (Lipinski definition) is 1. The average molecular weight is 420 g/mol. The van der Waals surface area contributed by atoms with E-state index < -0.39 is 11.6 Å². The van der Waals surface area contributed by atoms with Gasteiger partial charge in [0, 0.05) is 24.5 Å². The summed E-state index contributed by atoms with van der Waals surface area (Å²) in [7, 11) is 0. The van der Waals surface area contributed by atoms with E-state index in [1.807, 2.05) is 4.90 Å². The van der Waals surface area contributed by atoms with E-state index in [4.69, 9.17) is 0 Å². The van der Waals surface area contributed by atoms with Gasteiger partial charge in [0.1, 0.15) is 28.8 Å². The first-order chi connectivity index (χ1) is 15.1. The van der Waals surface area contributed by atoms with E-state index in [1.165, 1.54) is 12.3 Å². The number of aromatic nitrogens is 4. The fourth-order valence-corrected chi connectivity index (χ4v) is 3.93. The molecule has 1 saturated heterocycles. The number of nitrogens with zero attached hydrogens (tertiary/aromatic N) is 5. The Labute approximate surface area is 176 Å². The first kappa shape index (κ1) is 19.1. The number of anilines is 2.